The number of pyridine rings is 1. The average Bonchev–Trinajstić information content (AvgIpc) is 2.55. The Bertz CT molecular complexity index is 752. The van der Waals surface area contributed by atoms with Crippen LogP contribution in [-0.4, -0.2) is 28.8 Å². The summed E-state index contributed by atoms with van der Waals surface area (Å²) >= 11 is 0. The molecule has 0 atom stereocenters. The quantitative estimate of drug-likeness (QED) is 0.913. The molecular formula is C17H16N2O4. The van der Waals surface area contributed by atoms with Crippen molar-refractivity contribution in [1.29, 1.82) is 0 Å². The Kier molecular flexibility index (Phi) is 5.23. The Hall–Kier alpha value is -2.98. The van der Waals surface area contributed by atoms with Gasteiger partial charge in [-0.2, -0.15) is 9.59 Å². The number of aromatic nitrogens is 1. The van der Waals surface area contributed by atoms with Crippen LogP contribution in [0.15, 0.2) is 36.7 Å². The molecule has 6 nitrogen and oxygen atoms in total. The molecule has 1 aliphatic rings. The molecule has 0 saturated carbocycles. The first-order chi connectivity index (χ1) is 11.1. The topological polar surface area (TPSA) is 87.6 Å². The van der Waals surface area contributed by atoms with Gasteiger partial charge in [0.25, 0.3) is 0 Å². The number of carbonyl (C=O) groups excluding carboxylic acids is 2. The highest BCUT2D eigenvalue weighted by molar-refractivity contribution is 5.88. The van der Waals surface area contributed by atoms with Crippen molar-refractivity contribution in [3.63, 3.8) is 0 Å². The lowest BCUT2D eigenvalue weighted by molar-refractivity contribution is -0.191. The van der Waals surface area contributed by atoms with Crippen molar-refractivity contribution in [2.24, 2.45) is 0 Å². The monoisotopic (exact) mass is 312 g/mol. The fourth-order valence-corrected chi connectivity index (χ4v) is 2.73. The molecule has 1 aromatic carbocycles. The van der Waals surface area contributed by atoms with E-state index in [-0.39, 0.29) is 6.15 Å². The molecule has 3 rings (SSSR count). The van der Waals surface area contributed by atoms with Gasteiger partial charge < -0.3 is 10.0 Å². The average molecular weight is 312 g/mol. The van der Waals surface area contributed by atoms with Gasteiger partial charge in [-0.1, -0.05) is 6.07 Å². The van der Waals surface area contributed by atoms with E-state index < -0.39 is 5.97 Å². The third kappa shape index (κ3) is 3.81. The maximum atomic E-state index is 11.1. The van der Waals surface area contributed by atoms with E-state index in [1.807, 2.05) is 18.5 Å². The van der Waals surface area contributed by atoms with Gasteiger partial charge in [0.15, 0.2) is 0 Å². The van der Waals surface area contributed by atoms with Crippen LogP contribution in [0.25, 0.3) is 0 Å². The number of rotatable bonds is 2. The zero-order valence-corrected chi connectivity index (χ0v) is 12.7. The summed E-state index contributed by atoms with van der Waals surface area (Å²) in [5.41, 5.74) is 5.14. The number of carboxylic acid groups (broad SMARTS) is 1. The van der Waals surface area contributed by atoms with Crippen molar-refractivity contribution in [2.75, 3.05) is 11.4 Å². The first-order valence-corrected chi connectivity index (χ1v) is 7.06. The highest BCUT2D eigenvalue weighted by Crippen LogP contribution is 2.26. The van der Waals surface area contributed by atoms with Gasteiger partial charge in [-0.05, 0) is 48.2 Å². The minimum atomic E-state index is -0.887. The number of benzene rings is 1. The van der Waals surface area contributed by atoms with Gasteiger partial charge >= 0.3 is 12.1 Å². The van der Waals surface area contributed by atoms with E-state index in [1.165, 1.54) is 16.7 Å². The lowest BCUT2D eigenvalue weighted by Crippen LogP contribution is -2.31. The van der Waals surface area contributed by atoms with E-state index >= 15 is 0 Å². The van der Waals surface area contributed by atoms with Crippen molar-refractivity contribution >= 4 is 17.8 Å². The standard InChI is InChI=1S/C16H16N2O2.CO2/c1-11-8-17-9-13-10-18(6-5-15(11)13)14-4-2-3-12(7-14)16(19)20;2-1-3/h2-4,7-9H,5-6,10H2,1H3,(H,19,20);. The first kappa shape index (κ1) is 16.4. The Labute approximate surface area is 133 Å². The van der Waals surface area contributed by atoms with Gasteiger partial charge in [0, 0.05) is 31.2 Å². The minimum absolute atomic E-state index is 0.250. The van der Waals surface area contributed by atoms with Crippen molar-refractivity contribution in [3.05, 3.63) is 58.9 Å². The number of carbonyl (C=O) groups is 1. The number of aromatic carboxylic acids is 1. The number of hydrogen-bond donors (Lipinski definition) is 1. The molecule has 1 N–H and O–H groups in total. The van der Waals surface area contributed by atoms with Crippen LogP contribution in [0.3, 0.4) is 0 Å². The molecule has 6 heteroatoms. The fraction of sp³-hybridized carbons (Fsp3) is 0.235. The molecule has 0 unspecified atom stereocenters. The molecule has 1 aromatic heterocycles. The second-order valence-corrected chi connectivity index (χ2v) is 5.20. The van der Waals surface area contributed by atoms with Gasteiger partial charge in [0.1, 0.15) is 0 Å². The van der Waals surface area contributed by atoms with E-state index in [1.54, 1.807) is 18.2 Å². The largest absolute Gasteiger partial charge is 0.478 e. The predicted octanol–water partition coefficient (Wildman–Crippen LogP) is 2.07. The molecule has 23 heavy (non-hydrogen) atoms. The van der Waals surface area contributed by atoms with Crippen molar-refractivity contribution < 1.29 is 19.5 Å². The second kappa shape index (κ2) is 7.33. The van der Waals surface area contributed by atoms with Crippen LogP contribution in [0.5, 0.6) is 0 Å². The minimum Gasteiger partial charge on any atom is -0.478 e. The van der Waals surface area contributed by atoms with Gasteiger partial charge in [-0.3, -0.25) is 4.98 Å². The number of nitrogens with zero attached hydrogens (tertiary/aromatic N) is 2. The van der Waals surface area contributed by atoms with Crippen LogP contribution < -0.4 is 4.90 Å². The van der Waals surface area contributed by atoms with Gasteiger partial charge in [0.2, 0.25) is 0 Å². The number of carboxylic acids is 1. The Morgan fingerprint density at radius 3 is 2.74 bits per heavy atom. The summed E-state index contributed by atoms with van der Waals surface area (Å²) in [6.07, 6.45) is 5.04. The molecule has 1 aliphatic heterocycles. The Morgan fingerprint density at radius 2 is 2.04 bits per heavy atom. The molecule has 0 spiro atoms. The maximum absolute atomic E-state index is 11.1. The summed E-state index contributed by atoms with van der Waals surface area (Å²) in [5.74, 6) is -0.887. The Balaban J connectivity index is 0.000000595. The molecule has 2 aromatic rings. The molecule has 0 aliphatic carbocycles. The summed E-state index contributed by atoms with van der Waals surface area (Å²) in [6, 6.07) is 7.11. The molecule has 0 amide bonds. The number of anilines is 1. The molecule has 0 radical (unpaired) electrons. The van der Waals surface area contributed by atoms with Crippen molar-refractivity contribution in [1.82, 2.24) is 4.98 Å². The van der Waals surface area contributed by atoms with Gasteiger partial charge in [-0.25, -0.2) is 4.79 Å². The number of aryl methyl sites for hydroxylation is 1. The van der Waals surface area contributed by atoms with Gasteiger partial charge in [-0.15, -0.1) is 0 Å². The lowest BCUT2D eigenvalue weighted by atomic mass is 9.97. The second-order valence-electron chi connectivity index (χ2n) is 5.20. The van der Waals surface area contributed by atoms with Crippen LogP contribution in [0, 0.1) is 6.92 Å². The van der Waals surface area contributed by atoms with E-state index in [0.29, 0.717) is 5.56 Å². The predicted molar refractivity (Wildman–Crippen MR) is 82.1 cm³/mol. The van der Waals surface area contributed by atoms with Crippen LogP contribution in [0.1, 0.15) is 27.0 Å². The highest BCUT2D eigenvalue weighted by Gasteiger charge is 2.18. The van der Waals surface area contributed by atoms with E-state index in [4.69, 9.17) is 14.7 Å². The van der Waals surface area contributed by atoms with Crippen LogP contribution >= 0.6 is 0 Å². The smallest absolute Gasteiger partial charge is 0.373 e. The van der Waals surface area contributed by atoms with Crippen LogP contribution in [0.2, 0.25) is 0 Å². The zero-order chi connectivity index (χ0) is 16.8. The first-order valence-electron chi connectivity index (χ1n) is 7.06. The summed E-state index contributed by atoms with van der Waals surface area (Å²) in [4.78, 5) is 33.8. The summed E-state index contributed by atoms with van der Waals surface area (Å²) in [7, 11) is 0. The summed E-state index contributed by atoms with van der Waals surface area (Å²) in [5, 5.41) is 9.07. The zero-order valence-electron chi connectivity index (χ0n) is 12.7. The van der Waals surface area contributed by atoms with Gasteiger partial charge in [0.05, 0.1) is 5.56 Å². The number of hydrogen-bond acceptors (Lipinski definition) is 5. The van der Waals surface area contributed by atoms with E-state index in [9.17, 15) is 4.79 Å². The molecule has 0 fully saturated rings. The molecule has 0 saturated heterocycles. The van der Waals surface area contributed by atoms with Crippen LogP contribution in [0.4, 0.5) is 5.69 Å². The molecule has 0 bridgehead atoms. The fourth-order valence-electron chi connectivity index (χ4n) is 2.73. The normalized spacial score (nSPS) is 12.5. The van der Waals surface area contributed by atoms with Crippen molar-refractivity contribution in [2.45, 2.75) is 19.9 Å². The number of fused-ring (bicyclic) bond motifs is 1. The summed E-state index contributed by atoms with van der Waals surface area (Å²) < 4.78 is 0. The van der Waals surface area contributed by atoms with E-state index in [2.05, 4.69) is 16.8 Å². The maximum Gasteiger partial charge on any atom is 0.373 e. The SMILES string of the molecule is Cc1cncc2c1CCN(c1cccc(C(=O)O)c1)C2.O=C=O. The third-order valence-electron chi connectivity index (χ3n) is 3.81. The molecular weight excluding hydrogens is 296 g/mol. The highest BCUT2D eigenvalue weighted by atomic mass is 16.4. The lowest BCUT2D eigenvalue weighted by Gasteiger charge is -2.31. The third-order valence-corrected chi connectivity index (χ3v) is 3.81. The summed E-state index contributed by atoms with van der Waals surface area (Å²) in [6.45, 7) is 3.78. The molecule has 118 valence electrons. The van der Waals surface area contributed by atoms with Crippen molar-refractivity contribution in [3.8, 4) is 0 Å². The Morgan fingerprint density at radius 1 is 1.30 bits per heavy atom. The van der Waals surface area contributed by atoms with E-state index in [0.717, 1.165) is 25.2 Å². The van der Waals surface area contributed by atoms with Crippen LogP contribution in [-0.2, 0) is 22.6 Å². The molecule has 2 heterocycles.